The minimum Gasteiger partial charge on any atom is -0.453 e. The highest BCUT2D eigenvalue weighted by Gasteiger charge is 2.32. The summed E-state index contributed by atoms with van der Waals surface area (Å²) in [6.07, 6.45) is 1.28. The van der Waals surface area contributed by atoms with Crippen LogP contribution in [0.2, 0.25) is 0 Å². The lowest BCUT2D eigenvalue weighted by Gasteiger charge is -2.26. The second-order valence-electron chi connectivity index (χ2n) is 6.66. The molecule has 1 aliphatic rings. The van der Waals surface area contributed by atoms with E-state index in [0.29, 0.717) is 12.0 Å². The van der Waals surface area contributed by atoms with E-state index in [0.717, 1.165) is 5.56 Å². The minimum absolute atomic E-state index is 0.348. The van der Waals surface area contributed by atoms with Gasteiger partial charge >= 0.3 is 12.1 Å². The zero-order valence-electron chi connectivity index (χ0n) is 14.0. The predicted octanol–water partition coefficient (Wildman–Crippen LogP) is 2.99. The molecule has 1 amide bonds. The Morgan fingerprint density at radius 2 is 1.96 bits per heavy atom. The summed E-state index contributed by atoms with van der Waals surface area (Å²) in [5.74, 6) is -0.348. The Morgan fingerprint density at radius 3 is 2.48 bits per heavy atom. The smallest absolute Gasteiger partial charge is 0.408 e. The van der Waals surface area contributed by atoms with Gasteiger partial charge in [-0.3, -0.25) is 0 Å². The van der Waals surface area contributed by atoms with Crippen molar-refractivity contribution in [2.75, 3.05) is 0 Å². The molecule has 1 aromatic carbocycles. The molecule has 0 fully saturated rings. The molecule has 1 N–H and O–H groups in total. The maximum absolute atomic E-state index is 12.1. The van der Waals surface area contributed by atoms with Gasteiger partial charge in [0.2, 0.25) is 0 Å². The van der Waals surface area contributed by atoms with E-state index in [-0.39, 0.29) is 12.0 Å². The second kappa shape index (κ2) is 6.86. The molecule has 0 radical (unpaired) electrons. The number of carbonyl (C=O) groups is 2. The van der Waals surface area contributed by atoms with Crippen molar-refractivity contribution in [2.45, 2.75) is 51.9 Å². The van der Waals surface area contributed by atoms with E-state index in [1.54, 1.807) is 33.8 Å². The van der Waals surface area contributed by atoms with Gasteiger partial charge in [0.25, 0.3) is 0 Å². The fraction of sp³-hybridized carbons (Fsp3) is 0.444. The van der Waals surface area contributed by atoms with Crippen molar-refractivity contribution in [1.82, 2.24) is 5.32 Å². The van der Waals surface area contributed by atoms with Crippen molar-refractivity contribution >= 4 is 12.1 Å². The van der Waals surface area contributed by atoms with Gasteiger partial charge in [0.05, 0.1) is 6.04 Å². The van der Waals surface area contributed by atoms with Crippen LogP contribution in [0, 0.1) is 0 Å². The van der Waals surface area contributed by atoms with Crippen LogP contribution in [-0.4, -0.2) is 29.8 Å². The van der Waals surface area contributed by atoms with Gasteiger partial charge in [0.1, 0.15) is 11.7 Å². The molecular weight excluding hydrogens is 294 g/mol. The number of rotatable bonds is 4. The third-order valence-electron chi connectivity index (χ3n) is 3.38. The summed E-state index contributed by atoms with van der Waals surface area (Å²) in [4.78, 5) is 23.7. The Morgan fingerprint density at radius 1 is 1.30 bits per heavy atom. The first-order valence-electron chi connectivity index (χ1n) is 7.67. The van der Waals surface area contributed by atoms with Crippen LogP contribution in [0.25, 0.3) is 0 Å². The lowest BCUT2D eigenvalue weighted by molar-refractivity contribution is -0.140. The highest BCUT2D eigenvalue weighted by molar-refractivity contribution is 5.90. The van der Waals surface area contributed by atoms with Gasteiger partial charge in [0, 0.05) is 5.57 Å². The Hall–Kier alpha value is -2.30. The summed E-state index contributed by atoms with van der Waals surface area (Å²) in [7, 11) is 0. The molecule has 1 heterocycles. The molecule has 0 spiro atoms. The first-order chi connectivity index (χ1) is 10.7. The van der Waals surface area contributed by atoms with Gasteiger partial charge in [-0.2, -0.15) is 0 Å². The molecule has 2 rings (SSSR count). The van der Waals surface area contributed by atoms with Crippen molar-refractivity contribution in [3.63, 3.8) is 0 Å². The van der Waals surface area contributed by atoms with Gasteiger partial charge in [0.15, 0.2) is 0 Å². The summed E-state index contributed by atoms with van der Waals surface area (Å²) in [5.41, 5.74) is 1.01. The standard InChI is InChI=1S/C18H23NO4/c1-12-10-15(22-16(12)20)14(11-13-8-6-5-7-9-13)19-17(21)23-18(2,3)4/h5-10,14-15H,11H2,1-4H3,(H,19,21). The Kier molecular flexibility index (Phi) is 5.08. The van der Waals surface area contributed by atoms with Crippen molar-refractivity contribution < 1.29 is 19.1 Å². The maximum atomic E-state index is 12.1. The van der Waals surface area contributed by atoms with Crippen molar-refractivity contribution in [3.05, 3.63) is 47.5 Å². The molecule has 0 saturated heterocycles. The largest absolute Gasteiger partial charge is 0.453 e. The lowest BCUT2D eigenvalue weighted by atomic mass is 10.0. The summed E-state index contributed by atoms with van der Waals surface area (Å²) in [6.45, 7) is 7.12. The lowest BCUT2D eigenvalue weighted by Crippen LogP contribution is -2.46. The molecule has 23 heavy (non-hydrogen) atoms. The fourth-order valence-electron chi connectivity index (χ4n) is 2.34. The predicted molar refractivity (Wildman–Crippen MR) is 86.9 cm³/mol. The topological polar surface area (TPSA) is 64.6 Å². The number of hydrogen-bond acceptors (Lipinski definition) is 4. The normalized spacial score (nSPS) is 18.9. The molecule has 5 nitrogen and oxygen atoms in total. The Labute approximate surface area is 136 Å². The summed E-state index contributed by atoms with van der Waals surface area (Å²) < 4.78 is 10.6. The summed E-state index contributed by atoms with van der Waals surface area (Å²) in [6, 6.07) is 9.35. The summed E-state index contributed by atoms with van der Waals surface area (Å²) in [5, 5.41) is 2.82. The van der Waals surface area contributed by atoms with Gasteiger partial charge in [-0.15, -0.1) is 0 Å². The van der Waals surface area contributed by atoms with E-state index < -0.39 is 17.8 Å². The number of carbonyl (C=O) groups excluding carboxylic acids is 2. The first-order valence-corrected chi connectivity index (χ1v) is 7.67. The zero-order valence-corrected chi connectivity index (χ0v) is 14.0. The van der Waals surface area contributed by atoms with Gasteiger partial charge in [-0.25, -0.2) is 9.59 Å². The molecule has 1 aliphatic heterocycles. The SMILES string of the molecule is CC1=CC(C(Cc2ccccc2)NC(=O)OC(C)(C)C)OC1=O. The van der Waals surface area contributed by atoms with Crippen LogP contribution >= 0.6 is 0 Å². The molecular formula is C18H23NO4. The number of nitrogens with one attached hydrogen (secondary N) is 1. The average Bonchev–Trinajstić information content (AvgIpc) is 2.77. The van der Waals surface area contributed by atoms with Gasteiger partial charge in [-0.05, 0) is 45.8 Å². The first kappa shape index (κ1) is 17.1. The highest BCUT2D eigenvalue weighted by atomic mass is 16.6. The van der Waals surface area contributed by atoms with Crippen molar-refractivity contribution in [3.8, 4) is 0 Å². The third-order valence-corrected chi connectivity index (χ3v) is 3.38. The second-order valence-corrected chi connectivity index (χ2v) is 6.66. The average molecular weight is 317 g/mol. The van der Waals surface area contributed by atoms with Gasteiger partial charge in [-0.1, -0.05) is 30.3 Å². The third kappa shape index (κ3) is 5.13. The molecule has 0 bridgehead atoms. The molecule has 124 valence electrons. The number of hydrogen-bond donors (Lipinski definition) is 1. The molecule has 0 saturated carbocycles. The zero-order chi connectivity index (χ0) is 17.0. The molecule has 5 heteroatoms. The quantitative estimate of drug-likeness (QED) is 0.867. The molecule has 2 atom stereocenters. The van der Waals surface area contributed by atoms with Crippen LogP contribution in [0.15, 0.2) is 42.0 Å². The number of ether oxygens (including phenoxy) is 2. The molecule has 0 aliphatic carbocycles. The van der Waals surface area contributed by atoms with Crippen molar-refractivity contribution in [2.24, 2.45) is 0 Å². The van der Waals surface area contributed by atoms with Crippen LogP contribution in [0.1, 0.15) is 33.3 Å². The Bertz CT molecular complexity index is 601. The van der Waals surface area contributed by atoms with Crippen LogP contribution < -0.4 is 5.32 Å². The van der Waals surface area contributed by atoms with Gasteiger partial charge < -0.3 is 14.8 Å². The van der Waals surface area contributed by atoms with Crippen molar-refractivity contribution in [1.29, 1.82) is 0 Å². The molecule has 0 aromatic heterocycles. The number of esters is 1. The summed E-state index contributed by atoms with van der Waals surface area (Å²) >= 11 is 0. The number of cyclic esters (lactones) is 1. The Balaban J connectivity index is 2.12. The van der Waals surface area contributed by atoms with E-state index in [9.17, 15) is 9.59 Å². The van der Waals surface area contributed by atoms with Crippen LogP contribution in [0.5, 0.6) is 0 Å². The highest BCUT2D eigenvalue weighted by Crippen LogP contribution is 2.19. The number of alkyl carbamates (subject to hydrolysis) is 1. The van der Waals surface area contributed by atoms with E-state index in [1.807, 2.05) is 30.3 Å². The van der Waals surface area contributed by atoms with Crippen LogP contribution in [-0.2, 0) is 20.7 Å². The van der Waals surface area contributed by atoms with E-state index >= 15 is 0 Å². The number of amides is 1. The van der Waals surface area contributed by atoms with E-state index in [1.165, 1.54) is 0 Å². The molecule has 1 aromatic rings. The maximum Gasteiger partial charge on any atom is 0.408 e. The van der Waals surface area contributed by atoms with Crippen LogP contribution in [0.3, 0.4) is 0 Å². The fourth-order valence-corrected chi connectivity index (χ4v) is 2.34. The monoisotopic (exact) mass is 317 g/mol. The number of benzene rings is 1. The molecule has 2 unspecified atom stereocenters. The minimum atomic E-state index is -0.584. The van der Waals surface area contributed by atoms with E-state index in [4.69, 9.17) is 9.47 Å². The van der Waals surface area contributed by atoms with E-state index in [2.05, 4.69) is 5.32 Å². The van der Waals surface area contributed by atoms with Crippen LogP contribution in [0.4, 0.5) is 4.79 Å².